The summed E-state index contributed by atoms with van der Waals surface area (Å²) >= 11 is 0. The van der Waals surface area contributed by atoms with Crippen molar-refractivity contribution in [1.82, 2.24) is 15.1 Å². The summed E-state index contributed by atoms with van der Waals surface area (Å²) in [4.78, 5) is 28.9. The van der Waals surface area contributed by atoms with E-state index in [1.807, 2.05) is 28.0 Å². The first-order chi connectivity index (χ1) is 13.2. The molecule has 2 saturated heterocycles. The average Bonchev–Trinajstić information content (AvgIpc) is 3.39. The number of carbonyl (C=O) groups is 2. The number of hydrogen-bond donors (Lipinski definition) is 1. The molecule has 7 heteroatoms. The van der Waals surface area contributed by atoms with Crippen molar-refractivity contribution in [3.8, 4) is 11.5 Å². The summed E-state index contributed by atoms with van der Waals surface area (Å²) in [6.07, 6.45) is 4.65. The quantitative estimate of drug-likeness (QED) is 0.876. The number of ether oxygens (including phenoxy) is 2. The van der Waals surface area contributed by atoms with Gasteiger partial charge in [-0.25, -0.2) is 4.79 Å². The van der Waals surface area contributed by atoms with Crippen LogP contribution in [-0.2, 0) is 11.2 Å². The first-order valence-corrected chi connectivity index (χ1v) is 9.91. The zero-order chi connectivity index (χ0) is 18.6. The predicted octanol–water partition coefficient (Wildman–Crippen LogP) is 2.00. The maximum absolute atomic E-state index is 12.6. The summed E-state index contributed by atoms with van der Waals surface area (Å²) in [5.74, 6) is 1.48. The predicted molar refractivity (Wildman–Crippen MR) is 99.8 cm³/mol. The molecule has 0 unspecified atom stereocenters. The van der Waals surface area contributed by atoms with Crippen LogP contribution in [0.5, 0.6) is 11.5 Å². The highest BCUT2D eigenvalue weighted by Gasteiger charge is 2.31. The van der Waals surface area contributed by atoms with Gasteiger partial charge in [0.2, 0.25) is 12.7 Å². The number of fused-ring (bicyclic) bond motifs is 1. The van der Waals surface area contributed by atoms with Crippen molar-refractivity contribution in [3.05, 3.63) is 23.8 Å². The van der Waals surface area contributed by atoms with Crippen LogP contribution in [0.15, 0.2) is 18.2 Å². The van der Waals surface area contributed by atoms with E-state index in [0.717, 1.165) is 68.8 Å². The maximum atomic E-state index is 12.6. The number of amides is 3. The molecular formula is C20H27N3O4. The molecule has 1 aromatic rings. The third kappa shape index (κ3) is 4.12. The lowest BCUT2D eigenvalue weighted by atomic mass is 9.97. The Balaban J connectivity index is 1.24. The first kappa shape index (κ1) is 17.9. The summed E-state index contributed by atoms with van der Waals surface area (Å²) < 4.78 is 10.7. The van der Waals surface area contributed by atoms with Crippen molar-refractivity contribution in [2.45, 2.75) is 32.1 Å². The molecule has 0 bridgehead atoms. The van der Waals surface area contributed by atoms with Crippen LogP contribution in [-0.4, -0.2) is 61.3 Å². The Bertz CT molecular complexity index is 702. The molecule has 3 aliphatic rings. The van der Waals surface area contributed by atoms with Gasteiger partial charge >= 0.3 is 6.03 Å². The normalized spacial score (nSPS) is 21.4. The molecule has 0 spiro atoms. The summed E-state index contributed by atoms with van der Waals surface area (Å²) in [6, 6.07) is 5.97. The number of likely N-dealkylation sites (tertiary alicyclic amines) is 2. The van der Waals surface area contributed by atoms with Gasteiger partial charge in [0.15, 0.2) is 11.5 Å². The molecule has 3 amide bonds. The third-order valence-corrected chi connectivity index (χ3v) is 5.59. The van der Waals surface area contributed by atoms with Crippen LogP contribution < -0.4 is 14.8 Å². The van der Waals surface area contributed by atoms with Crippen molar-refractivity contribution < 1.29 is 19.1 Å². The second-order valence-corrected chi connectivity index (χ2v) is 7.49. The molecule has 27 heavy (non-hydrogen) atoms. The molecule has 7 nitrogen and oxygen atoms in total. The number of piperidine rings is 1. The molecule has 146 valence electrons. The average molecular weight is 373 g/mol. The van der Waals surface area contributed by atoms with Crippen molar-refractivity contribution >= 4 is 11.9 Å². The number of urea groups is 1. The number of nitrogens with one attached hydrogen (secondary N) is 1. The monoisotopic (exact) mass is 373 g/mol. The molecule has 0 radical (unpaired) electrons. The molecule has 1 N–H and O–H groups in total. The fraction of sp³-hybridized carbons (Fsp3) is 0.600. The summed E-state index contributed by atoms with van der Waals surface area (Å²) in [7, 11) is 0. The molecule has 1 atom stereocenters. The van der Waals surface area contributed by atoms with Crippen molar-refractivity contribution in [1.29, 1.82) is 0 Å². The molecule has 0 saturated carbocycles. The number of carbonyl (C=O) groups excluding carboxylic acids is 2. The van der Waals surface area contributed by atoms with Crippen LogP contribution in [0.25, 0.3) is 0 Å². The highest BCUT2D eigenvalue weighted by Crippen LogP contribution is 2.32. The Morgan fingerprint density at radius 1 is 1.04 bits per heavy atom. The van der Waals surface area contributed by atoms with E-state index in [2.05, 4.69) is 5.32 Å². The fourth-order valence-corrected chi connectivity index (χ4v) is 4.04. The van der Waals surface area contributed by atoms with Crippen molar-refractivity contribution in [2.75, 3.05) is 39.5 Å². The zero-order valence-corrected chi connectivity index (χ0v) is 15.6. The topological polar surface area (TPSA) is 71.1 Å². The van der Waals surface area contributed by atoms with Crippen molar-refractivity contribution in [2.24, 2.45) is 5.92 Å². The maximum Gasteiger partial charge on any atom is 0.320 e. The lowest BCUT2D eigenvalue weighted by molar-refractivity contribution is -0.126. The SMILES string of the molecule is O=C(NCCc1ccc2c(c1)OCO2)[C@@H]1CCCN(C(=O)N2CCCC2)C1. The molecule has 3 aliphatic heterocycles. The number of nitrogens with zero attached hydrogens (tertiary/aromatic N) is 2. The van der Waals surface area contributed by atoms with E-state index >= 15 is 0 Å². The minimum atomic E-state index is -0.109. The van der Waals surface area contributed by atoms with Gasteiger partial charge in [-0.05, 0) is 49.8 Å². The van der Waals surface area contributed by atoms with E-state index in [-0.39, 0.29) is 24.6 Å². The molecule has 0 aliphatic carbocycles. The summed E-state index contributed by atoms with van der Waals surface area (Å²) in [6.45, 7) is 3.84. The molecule has 2 fully saturated rings. The van der Waals surface area contributed by atoms with Gasteiger partial charge in [-0.2, -0.15) is 0 Å². The standard InChI is InChI=1S/C20H27N3O4/c24-19(21-8-7-15-5-6-17-18(12-15)27-14-26-17)16-4-3-11-23(13-16)20(25)22-9-1-2-10-22/h5-6,12,16H,1-4,7-11,13-14H2,(H,21,24)/t16-/m1/s1. The van der Waals surface area contributed by atoms with Crippen LogP contribution in [0.4, 0.5) is 4.79 Å². The van der Waals surface area contributed by atoms with Gasteiger partial charge in [-0.1, -0.05) is 6.07 Å². The number of hydrogen-bond acceptors (Lipinski definition) is 4. The van der Waals surface area contributed by atoms with E-state index < -0.39 is 0 Å². The minimum Gasteiger partial charge on any atom is -0.454 e. The van der Waals surface area contributed by atoms with Crippen LogP contribution in [0.2, 0.25) is 0 Å². The summed E-state index contributed by atoms with van der Waals surface area (Å²) in [5, 5.41) is 3.04. The van der Waals surface area contributed by atoms with Gasteiger partial charge in [-0.3, -0.25) is 4.79 Å². The Morgan fingerprint density at radius 3 is 2.67 bits per heavy atom. The summed E-state index contributed by atoms with van der Waals surface area (Å²) in [5.41, 5.74) is 1.11. The van der Waals surface area contributed by atoms with Gasteiger partial charge in [-0.15, -0.1) is 0 Å². The highest BCUT2D eigenvalue weighted by molar-refractivity contribution is 5.81. The van der Waals surface area contributed by atoms with Crippen LogP contribution in [0, 0.1) is 5.92 Å². The second kappa shape index (κ2) is 8.06. The molecular weight excluding hydrogens is 346 g/mol. The second-order valence-electron chi connectivity index (χ2n) is 7.49. The third-order valence-electron chi connectivity index (χ3n) is 5.59. The highest BCUT2D eigenvalue weighted by atomic mass is 16.7. The number of rotatable bonds is 4. The lowest BCUT2D eigenvalue weighted by Crippen LogP contribution is -2.49. The number of benzene rings is 1. The van der Waals surface area contributed by atoms with Crippen LogP contribution >= 0.6 is 0 Å². The van der Waals surface area contributed by atoms with Gasteiger partial charge in [0, 0.05) is 32.7 Å². The van der Waals surface area contributed by atoms with Crippen LogP contribution in [0.3, 0.4) is 0 Å². The van der Waals surface area contributed by atoms with E-state index in [9.17, 15) is 9.59 Å². The van der Waals surface area contributed by atoms with Gasteiger partial charge in [0.25, 0.3) is 0 Å². The first-order valence-electron chi connectivity index (χ1n) is 9.91. The molecule has 0 aromatic heterocycles. The van der Waals surface area contributed by atoms with Crippen molar-refractivity contribution in [3.63, 3.8) is 0 Å². The van der Waals surface area contributed by atoms with Gasteiger partial charge < -0.3 is 24.6 Å². The lowest BCUT2D eigenvalue weighted by Gasteiger charge is -2.34. The van der Waals surface area contributed by atoms with E-state index in [1.54, 1.807) is 0 Å². The van der Waals surface area contributed by atoms with Crippen LogP contribution in [0.1, 0.15) is 31.2 Å². The van der Waals surface area contributed by atoms with Gasteiger partial charge in [0.1, 0.15) is 0 Å². The molecule has 3 heterocycles. The Kier molecular flexibility index (Phi) is 5.36. The Morgan fingerprint density at radius 2 is 1.81 bits per heavy atom. The zero-order valence-electron chi connectivity index (χ0n) is 15.6. The minimum absolute atomic E-state index is 0.0506. The largest absolute Gasteiger partial charge is 0.454 e. The van der Waals surface area contributed by atoms with E-state index in [0.29, 0.717) is 13.1 Å². The van der Waals surface area contributed by atoms with E-state index in [4.69, 9.17) is 9.47 Å². The fourth-order valence-electron chi connectivity index (χ4n) is 4.04. The molecule has 1 aromatic carbocycles. The Labute approximate surface area is 159 Å². The van der Waals surface area contributed by atoms with E-state index in [1.165, 1.54) is 0 Å². The smallest absolute Gasteiger partial charge is 0.320 e. The molecule has 4 rings (SSSR count). The Hall–Kier alpha value is -2.44. The van der Waals surface area contributed by atoms with Gasteiger partial charge in [0.05, 0.1) is 5.92 Å².